The predicted octanol–water partition coefficient (Wildman–Crippen LogP) is 4.16. The average Bonchev–Trinajstić information content (AvgIpc) is 1.94. The zero-order chi connectivity index (χ0) is 10.3. The minimum atomic E-state index is -1.57. The molecule has 0 aliphatic carbocycles. The topological polar surface area (TPSA) is 26.3 Å². The molecule has 0 aromatic rings. The summed E-state index contributed by atoms with van der Waals surface area (Å²) in [6.45, 7) is 8.41. The molecule has 0 fully saturated rings. The molecule has 0 aromatic heterocycles. The lowest BCUT2D eigenvalue weighted by atomic mass is 10.2. The SMILES string of the molecule is CCCCCC[P+](=O)O[Si](C)(C)C. The molecule has 0 saturated heterocycles. The first-order valence-electron chi connectivity index (χ1n) is 5.09. The van der Waals surface area contributed by atoms with Crippen LogP contribution in [-0.2, 0) is 8.78 Å². The van der Waals surface area contributed by atoms with Gasteiger partial charge < -0.3 is 0 Å². The maximum atomic E-state index is 11.4. The third-order valence-electron chi connectivity index (χ3n) is 1.57. The molecule has 13 heavy (non-hydrogen) atoms. The van der Waals surface area contributed by atoms with Crippen molar-refractivity contribution in [3.63, 3.8) is 0 Å². The van der Waals surface area contributed by atoms with E-state index in [-0.39, 0.29) is 0 Å². The van der Waals surface area contributed by atoms with Gasteiger partial charge in [0.05, 0.1) is 0 Å². The van der Waals surface area contributed by atoms with Crippen LogP contribution in [0.25, 0.3) is 0 Å². The fourth-order valence-corrected chi connectivity index (χ4v) is 4.31. The van der Waals surface area contributed by atoms with Gasteiger partial charge in [-0.05, 0) is 37.0 Å². The molecule has 0 aromatic carbocycles. The van der Waals surface area contributed by atoms with E-state index in [0.29, 0.717) is 0 Å². The van der Waals surface area contributed by atoms with Crippen molar-refractivity contribution in [3.8, 4) is 0 Å². The molecule has 0 radical (unpaired) electrons. The quantitative estimate of drug-likeness (QED) is 0.366. The summed E-state index contributed by atoms with van der Waals surface area (Å²) in [5.41, 5.74) is 0. The lowest BCUT2D eigenvalue weighted by Crippen LogP contribution is -2.21. The van der Waals surface area contributed by atoms with Gasteiger partial charge in [-0.15, -0.1) is 0 Å². The normalized spacial score (nSPS) is 13.1. The van der Waals surface area contributed by atoms with Crippen LogP contribution in [0.1, 0.15) is 32.6 Å². The Balaban J connectivity index is 3.41. The molecule has 0 rings (SSSR count). The Morgan fingerprint density at radius 2 is 1.77 bits per heavy atom. The van der Waals surface area contributed by atoms with Gasteiger partial charge in [0, 0.05) is 0 Å². The van der Waals surface area contributed by atoms with Gasteiger partial charge in [-0.3, -0.25) is 0 Å². The molecule has 0 aliphatic rings. The van der Waals surface area contributed by atoms with Crippen molar-refractivity contribution in [3.05, 3.63) is 0 Å². The Hall–Kier alpha value is 0.277. The zero-order valence-corrected chi connectivity index (χ0v) is 11.2. The summed E-state index contributed by atoms with van der Waals surface area (Å²) < 4.78 is 16.8. The van der Waals surface area contributed by atoms with Gasteiger partial charge in [0.2, 0.25) is 0 Å². The fraction of sp³-hybridized carbons (Fsp3) is 1.00. The molecule has 0 amide bonds. The van der Waals surface area contributed by atoms with Crippen molar-refractivity contribution in [2.45, 2.75) is 52.2 Å². The van der Waals surface area contributed by atoms with Gasteiger partial charge >= 0.3 is 8.03 Å². The van der Waals surface area contributed by atoms with Crippen LogP contribution in [0.2, 0.25) is 19.6 Å². The molecule has 4 heteroatoms. The Bertz CT molecular complexity index is 154. The van der Waals surface area contributed by atoms with Gasteiger partial charge in [0.25, 0.3) is 8.32 Å². The summed E-state index contributed by atoms with van der Waals surface area (Å²) in [6.07, 6.45) is 5.46. The van der Waals surface area contributed by atoms with Crippen LogP contribution in [0.5, 0.6) is 0 Å². The Kier molecular flexibility index (Phi) is 6.83. The van der Waals surface area contributed by atoms with E-state index in [2.05, 4.69) is 26.6 Å². The van der Waals surface area contributed by atoms with E-state index in [9.17, 15) is 4.57 Å². The van der Waals surface area contributed by atoms with Gasteiger partial charge in [-0.2, -0.15) is 0 Å². The summed E-state index contributed by atoms with van der Waals surface area (Å²) in [5.74, 6) is 0. The molecule has 0 spiro atoms. The second-order valence-electron chi connectivity index (χ2n) is 4.32. The Morgan fingerprint density at radius 1 is 1.15 bits per heavy atom. The van der Waals surface area contributed by atoms with E-state index in [4.69, 9.17) is 4.21 Å². The highest BCUT2D eigenvalue weighted by atomic mass is 31.1. The second kappa shape index (κ2) is 6.69. The lowest BCUT2D eigenvalue weighted by Gasteiger charge is -2.05. The van der Waals surface area contributed by atoms with Gasteiger partial charge in [0.15, 0.2) is 6.16 Å². The van der Waals surface area contributed by atoms with Crippen LogP contribution in [-0.4, -0.2) is 14.5 Å². The van der Waals surface area contributed by atoms with Crippen LogP contribution in [0.4, 0.5) is 0 Å². The molecule has 78 valence electrons. The monoisotopic (exact) mass is 221 g/mol. The van der Waals surface area contributed by atoms with E-state index in [1.54, 1.807) is 0 Å². The minimum absolute atomic E-state index is 0.750. The van der Waals surface area contributed by atoms with Gasteiger partial charge in [0.1, 0.15) is 0 Å². The first-order valence-corrected chi connectivity index (χ1v) is 9.86. The third-order valence-corrected chi connectivity index (χ3v) is 5.26. The third kappa shape index (κ3) is 10.2. The van der Waals surface area contributed by atoms with Crippen molar-refractivity contribution in [2.24, 2.45) is 0 Å². The molecule has 2 nitrogen and oxygen atoms in total. The van der Waals surface area contributed by atoms with Crippen molar-refractivity contribution in [2.75, 3.05) is 6.16 Å². The summed E-state index contributed by atoms with van der Waals surface area (Å²) >= 11 is 0. The zero-order valence-electron chi connectivity index (χ0n) is 9.30. The van der Waals surface area contributed by atoms with Gasteiger partial charge in [-0.1, -0.05) is 19.8 Å². The first kappa shape index (κ1) is 13.3. The maximum Gasteiger partial charge on any atom is 0.496 e. The maximum absolute atomic E-state index is 11.4. The van der Waals surface area contributed by atoms with Crippen molar-refractivity contribution >= 4 is 16.3 Å². The van der Waals surface area contributed by atoms with Crippen LogP contribution in [0, 0.1) is 0 Å². The molecular weight excluding hydrogens is 199 g/mol. The van der Waals surface area contributed by atoms with Crippen LogP contribution in [0.3, 0.4) is 0 Å². The van der Waals surface area contributed by atoms with E-state index < -0.39 is 16.3 Å². The van der Waals surface area contributed by atoms with E-state index in [1.165, 1.54) is 19.3 Å². The number of unbranched alkanes of at least 4 members (excludes halogenated alkanes) is 3. The molecule has 0 heterocycles. The largest absolute Gasteiger partial charge is 0.496 e. The smallest absolute Gasteiger partial charge is 0.202 e. The molecule has 0 saturated carbocycles. The van der Waals surface area contributed by atoms with E-state index in [0.717, 1.165) is 12.6 Å². The molecule has 0 aliphatic heterocycles. The first-order chi connectivity index (χ1) is 5.95. The Morgan fingerprint density at radius 3 is 2.23 bits per heavy atom. The van der Waals surface area contributed by atoms with Crippen LogP contribution < -0.4 is 0 Å². The minimum Gasteiger partial charge on any atom is -0.202 e. The van der Waals surface area contributed by atoms with Crippen LogP contribution in [0.15, 0.2) is 0 Å². The average molecular weight is 221 g/mol. The lowest BCUT2D eigenvalue weighted by molar-refractivity contribution is 0.501. The molecule has 0 bridgehead atoms. The van der Waals surface area contributed by atoms with Crippen LogP contribution >= 0.6 is 8.03 Å². The number of rotatable bonds is 7. The van der Waals surface area contributed by atoms with E-state index in [1.807, 2.05) is 0 Å². The summed E-state index contributed by atoms with van der Waals surface area (Å²) in [5, 5.41) is 0. The van der Waals surface area contributed by atoms with Gasteiger partial charge in [-0.25, -0.2) is 4.21 Å². The number of hydrogen-bond donors (Lipinski definition) is 0. The molecule has 1 unspecified atom stereocenters. The predicted molar refractivity (Wildman–Crippen MR) is 61.0 cm³/mol. The highest BCUT2D eigenvalue weighted by molar-refractivity contribution is 7.41. The van der Waals surface area contributed by atoms with Crippen molar-refractivity contribution < 1.29 is 8.78 Å². The standard InChI is InChI=1S/C9H22O2PSi/c1-5-6-7-8-9-12(10)11-13(2,3)4/h5-9H2,1-4H3/q+1. The summed E-state index contributed by atoms with van der Waals surface area (Å²) in [6, 6.07) is 0. The highest BCUT2D eigenvalue weighted by Crippen LogP contribution is 2.29. The molecule has 1 atom stereocenters. The Labute approximate surface area is 84.1 Å². The molecular formula is C9H22O2PSi+. The summed E-state index contributed by atoms with van der Waals surface area (Å²) in [4.78, 5) is 0. The fourth-order valence-electron chi connectivity index (χ4n) is 1.02. The van der Waals surface area contributed by atoms with Crippen molar-refractivity contribution in [1.29, 1.82) is 0 Å². The second-order valence-corrected chi connectivity index (χ2v) is 10.4. The van der Waals surface area contributed by atoms with Crippen molar-refractivity contribution in [1.82, 2.24) is 0 Å². The summed E-state index contributed by atoms with van der Waals surface area (Å²) in [7, 11) is -2.95. The molecule has 0 N–H and O–H groups in total. The van der Waals surface area contributed by atoms with E-state index >= 15 is 0 Å². The number of hydrogen-bond acceptors (Lipinski definition) is 2. The highest BCUT2D eigenvalue weighted by Gasteiger charge is 2.28.